The molecule has 0 aliphatic heterocycles. The first-order valence-corrected chi connectivity index (χ1v) is 4.76. The Hall–Kier alpha value is 1.96. The van der Waals surface area contributed by atoms with Crippen molar-refractivity contribution >= 4 is 26.0 Å². The van der Waals surface area contributed by atoms with E-state index in [1.165, 1.54) is 0 Å². The van der Waals surface area contributed by atoms with Crippen molar-refractivity contribution in [3.8, 4) is 0 Å². The van der Waals surface area contributed by atoms with E-state index >= 15 is 0 Å². The van der Waals surface area contributed by atoms with Crippen molar-refractivity contribution in [2.75, 3.05) is 0 Å². The summed E-state index contributed by atoms with van der Waals surface area (Å²) in [7, 11) is -4.33. The number of carbonyl (C=O) groups excluding carboxylic acids is 1. The topological polar surface area (TPSA) is 80.3 Å². The number of ketones is 1. The minimum absolute atomic E-state index is 0. The summed E-state index contributed by atoms with van der Waals surface area (Å²) in [5, 5.41) is 0. The van der Waals surface area contributed by atoms with Crippen molar-refractivity contribution in [1.29, 1.82) is 0 Å². The van der Waals surface area contributed by atoms with E-state index in [0.29, 0.717) is 6.42 Å². The molecule has 0 heterocycles. The summed E-state index contributed by atoms with van der Waals surface area (Å²) in [6.45, 7) is 3.43. The van der Waals surface area contributed by atoms with E-state index in [9.17, 15) is 4.79 Å². The summed E-state index contributed by atoms with van der Waals surface area (Å²) in [6, 6.07) is 0. The molecule has 0 rings (SSSR count). The van der Waals surface area contributed by atoms with Gasteiger partial charge in [0.05, 0.1) is 0 Å². The maximum atomic E-state index is 9.81. The molecule has 8 heteroatoms. The minimum atomic E-state index is -4.33. The average Bonchev–Trinajstić information content (AvgIpc) is 1.61. The van der Waals surface area contributed by atoms with Crippen LogP contribution in [0.25, 0.3) is 0 Å². The molecule has 62 valence electrons. The van der Waals surface area contributed by atoms with Gasteiger partial charge in [-0.25, -0.2) is 0 Å². The molecule has 0 radical (unpaired) electrons. The summed E-state index contributed by atoms with van der Waals surface area (Å²) in [5.74, 6) is 0.255. The van der Waals surface area contributed by atoms with Gasteiger partial charge in [-0.2, -0.15) is 0 Å². The molecular formula is C4H8Na2O4S2. The predicted molar refractivity (Wildman–Crippen MR) is 38.0 cm³/mol. The van der Waals surface area contributed by atoms with Gasteiger partial charge in [0.1, 0.15) is 5.78 Å². The van der Waals surface area contributed by atoms with Crippen molar-refractivity contribution < 1.29 is 77.2 Å². The molecule has 0 aliphatic carbocycles. The summed E-state index contributed by atoms with van der Waals surface area (Å²) in [4.78, 5) is 9.81. The Morgan fingerprint density at radius 1 is 1.42 bits per heavy atom. The van der Waals surface area contributed by atoms with Crippen LogP contribution in [0, 0.1) is 0 Å². The van der Waals surface area contributed by atoms with Crippen molar-refractivity contribution in [1.82, 2.24) is 0 Å². The van der Waals surface area contributed by atoms with Crippen LogP contribution in [0.5, 0.6) is 0 Å². The van der Waals surface area contributed by atoms with E-state index in [1.54, 1.807) is 6.92 Å². The van der Waals surface area contributed by atoms with Gasteiger partial charge in [-0.1, -0.05) is 6.92 Å². The Kier molecular flexibility index (Phi) is 25.5. The largest absolute Gasteiger partial charge is 1.00 e. The van der Waals surface area contributed by atoms with E-state index in [0.717, 1.165) is 0 Å². The fraction of sp³-hybridized carbons (Fsp3) is 0.750. The third kappa shape index (κ3) is 91.6. The molecule has 0 aromatic rings. The molecule has 0 saturated heterocycles. The molecular weight excluding hydrogens is 222 g/mol. The Bertz CT molecular complexity index is 181. The van der Waals surface area contributed by atoms with Gasteiger partial charge in [0.25, 0.3) is 0 Å². The molecule has 0 fully saturated rings. The van der Waals surface area contributed by atoms with E-state index in [4.69, 9.17) is 13.3 Å². The Balaban J connectivity index is -0.0000000457. The normalized spacial score (nSPS) is 8.00. The van der Waals surface area contributed by atoms with Gasteiger partial charge in [0.15, 0.2) is 0 Å². The van der Waals surface area contributed by atoms with Crippen molar-refractivity contribution in [2.45, 2.75) is 20.3 Å². The first kappa shape index (κ1) is 23.6. The van der Waals surface area contributed by atoms with Gasteiger partial charge < -0.3 is 13.9 Å². The van der Waals surface area contributed by atoms with Gasteiger partial charge in [0.2, 0.25) is 0 Å². The molecule has 0 amide bonds. The number of rotatable bonds is 1. The third-order valence-corrected chi connectivity index (χ3v) is 0.498. The SMILES string of the molecule is CCC(C)=O.O=S([O-])([O-])=S.[Na+].[Na+]. The van der Waals surface area contributed by atoms with Gasteiger partial charge in [-0.3, -0.25) is 4.21 Å². The van der Waals surface area contributed by atoms with Crippen LogP contribution in [-0.4, -0.2) is 19.1 Å². The summed E-state index contributed by atoms with van der Waals surface area (Å²) in [6.07, 6.45) is 0.667. The number of Topliss-reactive ketones (excluding diaryl/α,β-unsaturated/α-hetero) is 1. The van der Waals surface area contributed by atoms with E-state index < -0.39 is 9.05 Å². The fourth-order valence-corrected chi connectivity index (χ4v) is 0. The molecule has 0 aliphatic rings. The van der Waals surface area contributed by atoms with Crippen LogP contribution in [0.1, 0.15) is 20.3 Å². The zero-order chi connectivity index (χ0) is 8.78. The fourth-order valence-electron chi connectivity index (χ4n) is 0. The van der Waals surface area contributed by atoms with Crippen LogP contribution in [0.15, 0.2) is 0 Å². The minimum Gasteiger partial charge on any atom is -0.780 e. The quantitative estimate of drug-likeness (QED) is 0.419. The molecule has 0 aromatic carbocycles. The maximum absolute atomic E-state index is 9.81. The standard InChI is InChI=1S/C4H8O.2Na.H2O3S2/c1-3-4(2)5;;;1-5(2,3)4/h3H2,1-2H3;;;(H2,1,2,3,4)/q;2*+1;/p-2. The van der Waals surface area contributed by atoms with Crippen LogP contribution in [-0.2, 0) is 25.0 Å². The molecule has 12 heavy (non-hydrogen) atoms. The summed E-state index contributed by atoms with van der Waals surface area (Å²) >= 11 is 3.24. The number of carbonyl (C=O) groups is 1. The molecule has 0 spiro atoms. The second-order valence-electron chi connectivity index (χ2n) is 1.46. The molecule has 0 unspecified atom stereocenters. The van der Waals surface area contributed by atoms with Crippen LogP contribution < -0.4 is 59.1 Å². The molecule has 0 saturated carbocycles. The van der Waals surface area contributed by atoms with Gasteiger partial charge in [-0.05, 0) is 18.1 Å². The second kappa shape index (κ2) is 13.0. The van der Waals surface area contributed by atoms with Gasteiger partial charge in [-0.15, -0.1) is 9.05 Å². The molecule has 0 aromatic heterocycles. The van der Waals surface area contributed by atoms with Gasteiger partial charge >= 0.3 is 59.1 Å². The van der Waals surface area contributed by atoms with E-state index in [1.807, 2.05) is 6.92 Å². The van der Waals surface area contributed by atoms with Crippen LogP contribution in [0.4, 0.5) is 0 Å². The Labute approximate surface area is 122 Å². The summed E-state index contributed by atoms with van der Waals surface area (Å²) in [5.41, 5.74) is 0. The zero-order valence-electron chi connectivity index (χ0n) is 7.66. The summed E-state index contributed by atoms with van der Waals surface area (Å²) < 4.78 is 26.7. The van der Waals surface area contributed by atoms with E-state index in [2.05, 4.69) is 11.2 Å². The van der Waals surface area contributed by atoms with Gasteiger partial charge in [0, 0.05) is 6.42 Å². The van der Waals surface area contributed by atoms with Crippen molar-refractivity contribution in [3.63, 3.8) is 0 Å². The van der Waals surface area contributed by atoms with Crippen molar-refractivity contribution in [2.24, 2.45) is 0 Å². The predicted octanol–water partition coefficient (Wildman–Crippen LogP) is -6.01. The monoisotopic (exact) mass is 230 g/mol. The number of hydrogen-bond acceptors (Lipinski definition) is 5. The average molecular weight is 230 g/mol. The third-order valence-electron chi connectivity index (χ3n) is 0.498. The Morgan fingerprint density at radius 3 is 1.50 bits per heavy atom. The van der Waals surface area contributed by atoms with E-state index in [-0.39, 0.29) is 64.9 Å². The van der Waals surface area contributed by atoms with Crippen LogP contribution in [0.3, 0.4) is 0 Å². The Morgan fingerprint density at radius 2 is 1.50 bits per heavy atom. The first-order chi connectivity index (χ1) is 4.27. The second-order valence-corrected chi connectivity index (χ2v) is 3.51. The molecule has 0 bridgehead atoms. The zero-order valence-corrected chi connectivity index (χ0v) is 13.3. The molecule has 0 atom stereocenters. The first-order valence-electron chi connectivity index (χ1n) is 2.43. The van der Waals surface area contributed by atoms with Crippen LogP contribution in [0.2, 0.25) is 0 Å². The molecule has 4 nitrogen and oxygen atoms in total. The van der Waals surface area contributed by atoms with Crippen LogP contribution >= 0.6 is 0 Å². The smallest absolute Gasteiger partial charge is 0.780 e. The van der Waals surface area contributed by atoms with Crippen molar-refractivity contribution in [3.05, 3.63) is 0 Å². The molecule has 0 N–H and O–H groups in total. The number of hydrogen-bond donors (Lipinski definition) is 0. The maximum Gasteiger partial charge on any atom is 1.00 e.